The van der Waals surface area contributed by atoms with Crippen molar-refractivity contribution >= 4 is 21.8 Å². The van der Waals surface area contributed by atoms with Gasteiger partial charge in [-0.1, -0.05) is 6.92 Å². The van der Waals surface area contributed by atoms with Gasteiger partial charge in [-0.3, -0.25) is 0 Å². The molecule has 1 aromatic rings. The SMILES string of the molecule is CC(CO)CSCCOc1ccc(S(N)(=O)=O)cc1. The molecule has 0 aliphatic heterocycles. The van der Waals surface area contributed by atoms with Crippen LogP contribution in [-0.4, -0.2) is 38.2 Å². The molecule has 19 heavy (non-hydrogen) atoms. The second-order valence-corrected chi connectivity index (χ2v) is 6.94. The monoisotopic (exact) mass is 305 g/mol. The van der Waals surface area contributed by atoms with Crippen LogP contribution in [0.15, 0.2) is 29.2 Å². The van der Waals surface area contributed by atoms with Crippen molar-refractivity contribution in [2.75, 3.05) is 24.7 Å². The molecule has 5 nitrogen and oxygen atoms in total. The second-order valence-electron chi connectivity index (χ2n) is 4.23. The van der Waals surface area contributed by atoms with Gasteiger partial charge in [0.05, 0.1) is 11.5 Å². The Hall–Kier alpha value is -0.760. The third-order valence-corrected chi connectivity index (χ3v) is 4.55. The lowest BCUT2D eigenvalue weighted by Crippen LogP contribution is -2.12. The van der Waals surface area contributed by atoms with Gasteiger partial charge in [0.15, 0.2) is 0 Å². The van der Waals surface area contributed by atoms with Crippen molar-refractivity contribution in [1.29, 1.82) is 0 Å². The maximum absolute atomic E-state index is 11.0. The van der Waals surface area contributed by atoms with E-state index < -0.39 is 10.0 Å². The summed E-state index contributed by atoms with van der Waals surface area (Å²) in [6.07, 6.45) is 0. The van der Waals surface area contributed by atoms with Crippen LogP contribution >= 0.6 is 11.8 Å². The van der Waals surface area contributed by atoms with Crippen molar-refractivity contribution in [3.63, 3.8) is 0 Å². The summed E-state index contributed by atoms with van der Waals surface area (Å²) in [4.78, 5) is 0.0750. The van der Waals surface area contributed by atoms with E-state index in [1.807, 2.05) is 6.92 Å². The van der Waals surface area contributed by atoms with Gasteiger partial charge in [-0.25, -0.2) is 13.6 Å². The third kappa shape index (κ3) is 6.29. The van der Waals surface area contributed by atoms with Crippen LogP contribution in [0.5, 0.6) is 5.75 Å². The van der Waals surface area contributed by atoms with E-state index in [0.29, 0.717) is 18.3 Å². The maximum atomic E-state index is 11.0. The zero-order valence-electron chi connectivity index (χ0n) is 10.8. The molecule has 1 atom stereocenters. The Bertz CT molecular complexity index is 473. The zero-order valence-corrected chi connectivity index (χ0v) is 12.4. The van der Waals surface area contributed by atoms with Gasteiger partial charge in [-0.15, -0.1) is 0 Å². The Morgan fingerprint density at radius 3 is 2.53 bits per heavy atom. The van der Waals surface area contributed by atoms with Gasteiger partial charge in [0.1, 0.15) is 5.75 Å². The Kier molecular flexibility index (Phi) is 6.64. The lowest BCUT2D eigenvalue weighted by atomic mass is 10.2. The summed E-state index contributed by atoms with van der Waals surface area (Å²) in [5.41, 5.74) is 0. The molecule has 0 saturated carbocycles. The zero-order chi connectivity index (χ0) is 14.3. The normalized spacial score (nSPS) is 13.2. The molecule has 1 rings (SSSR count). The van der Waals surface area contributed by atoms with Crippen molar-refractivity contribution in [3.05, 3.63) is 24.3 Å². The summed E-state index contributed by atoms with van der Waals surface area (Å²) in [5.74, 6) is 2.62. The van der Waals surface area contributed by atoms with E-state index in [4.69, 9.17) is 15.0 Å². The minimum absolute atomic E-state index is 0.0750. The minimum Gasteiger partial charge on any atom is -0.493 e. The van der Waals surface area contributed by atoms with Crippen molar-refractivity contribution in [3.8, 4) is 5.75 Å². The van der Waals surface area contributed by atoms with Crippen molar-refractivity contribution in [2.45, 2.75) is 11.8 Å². The van der Waals surface area contributed by atoms with Gasteiger partial charge in [0, 0.05) is 12.4 Å². The topological polar surface area (TPSA) is 89.6 Å². The molecule has 7 heteroatoms. The number of aliphatic hydroxyl groups excluding tert-OH is 1. The first kappa shape index (κ1) is 16.3. The summed E-state index contributed by atoms with van der Waals surface area (Å²) in [5, 5.41) is 13.9. The van der Waals surface area contributed by atoms with Crippen LogP contribution < -0.4 is 9.88 Å². The molecule has 1 unspecified atom stereocenters. The lowest BCUT2D eigenvalue weighted by molar-refractivity contribution is 0.250. The number of benzene rings is 1. The Balaban J connectivity index is 2.31. The van der Waals surface area contributed by atoms with E-state index in [1.165, 1.54) is 12.1 Å². The van der Waals surface area contributed by atoms with E-state index in [9.17, 15) is 8.42 Å². The predicted octanol–water partition coefficient (Wildman–Crippen LogP) is 1.07. The van der Waals surface area contributed by atoms with Crippen LogP contribution in [-0.2, 0) is 10.0 Å². The number of hydrogen-bond acceptors (Lipinski definition) is 5. The van der Waals surface area contributed by atoms with Gasteiger partial charge in [-0.2, -0.15) is 11.8 Å². The molecule has 0 aromatic heterocycles. The number of nitrogens with two attached hydrogens (primary N) is 1. The molecular formula is C12H19NO4S2. The van der Waals surface area contributed by atoms with Crippen LogP contribution in [0, 0.1) is 5.92 Å². The highest BCUT2D eigenvalue weighted by Crippen LogP contribution is 2.15. The smallest absolute Gasteiger partial charge is 0.238 e. The highest BCUT2D eigenvalue weighted by molar-refractivity contribution is 7.99. The van der Waals surface area contributed by atoms with Gasteiger partial charge in [0.25, 0.3) is 0 Å². The van der Waals surface area contributed by atoms with E-state index in [1.54, 1.807) is 23.9 Å². The summed E-state index contributed by atoms with van der Waals surface area (Å²) >= 11 is 1.71. The fourth-order valence-electron chi connectivity index (χ4n) is 1.28. The first-order chi connectivity index (χ1) is 8.93. The van der Waals surface area contributed by atoms with Gasteiger partial charge < -0.3 is 9.84 Å². The van der Waals surface area contributed by atoms with Crippen molar-refractivity contribution in [2.24, 2.45) is 11.1 Å². The fourth-order valence-corrected chi connectivity index (χ4v) is 2.67. The summed E-state index contributed by atoms with van der Waals surface area (Å²) in [6.45, 7) is 2.72. The van der Waals surface area contributed by atoms with E-state index in [-0.39, 0.29) is 11.5 Å². The molecule has 108 valence electrons. The average molecular weight is 305 g/mol. The number of aliphatic hydroxyl groups is 1. The third-order valence-electron chi connectivity index (χ3n) is 2.36. The molecule has 0 saturated heterocycles. The molecular weight excluding hydrogens is 286 g/mol. The Labute approximate surface area is 118 Å². The number of sulfonamides is 1. The van der Waals surface area contributed by atoms with Crippen LogP contribution in [0.25, 0.3) is 0 Å². The molecule has 0 fully saturated rings. The molecule has 0 spiro atoms. The van der Waals surface area contributed by atoms with Gasteiger partial charge in [0.2, 0.25) is 10.0 Å². The highest BCUT2D eigenvalue weighted by Gasteiger charge is 2.06. The van der Waals surface area contributed by atoms with Gasteiger partial charge >= 0.3 is 0 Å². The largest absolute Gasteiger partial charge is 0.493 e. The standard InChI is InChI=1S/C12H19NO4S2/c1-10(8-14)9-18-7-6-17-11-2-4-12(5-3-11)19(13,15)16/h2-5,10,14H,6-9H2,1H3,(H2,13,15,16). The number of hydrogen-bond donors (Lipinski definition) is 2. The first-order valence-electron chi connectivity index (χ1n) is 5.87. The molecule has 0 aliphatic carbocycles. The predicted molar refractivity (Wildman–Crippen MR) is 76.9 cm³/mol. The van der Waals surface area contributed by atoms with Crippen LogP contribution in [0.3, 0.4) is 0 Å². The molecule has 0 aliphatic rings. The molecule has 0 amide bonds. The average Bonchev–Trinajstić information content (AvgIpc) is 2.37. The van der Waals surface area contributed by atoms with Gasteiger partial charge in [-0.05, 0) is 35.9 Å². The Morgan fingerprint density at radius 1 is 1.37 bits per heavy atom. The molecule has 3 N–H and O–H groups in total. The molecule has 0 bridgehead atoms. The maximum Gasteiger partial charge on any atom is 0.238 e. The van der Waals surface area contributed by atoms with Crippen molar-refractivity contribution in [1.82, 2.24) is 0 Å². The molecule has 1 aromatic carbocycles. The number of primary sulfonamides is 1. The van der Waals surface area contributed by atoms with E-state index >= 15 is 0 Å². The van der Waals surface area contributed by atoms with Crippen LogP contribution in [0.2, 0.25) is 0 Å². The Morgan fingerprint density at radius 2 is 2.00 bits per heavy atom. The van der Waals surface area contributed by atoms with E-state index in [0.717, 1.165) is 11.5 Å². The highest BCUT2D eigenvalue weighted by atomic mass is 32.2. The molecule has 0 radical (unpaired) electrons. The van der Waals surface area contributed by atoms with E-state index in [2.05, 4.69) is 0 Å². The number of ether oxygens (including phenoxy) is 1. The number of rotatable bonds is 8. The minimum atomic E-state index is -3.64. The lowest BCUT2D eigenvalue weighted by Gasteiger charge is -2.08. The van der Waals surface area contributed by atoms with Crippen LogP contribution in [0.4, 0.5) is 0 Å². The summed E-state index contributed by atoms with van der Waals surface area (Å²) in [7, 11) is -3.64. The second kappa shape index (κ2) is 7.74. The summed E-state index contributed by atoms with van der Waals surface area (Å²) < 4.78 is 27.6. The fraction of sp³-hybridized carbons (Fsp3) is 0.500. The van der Waals surface area contributed by atoms with Crippen LogP contribution in [0.1, 0.15) is 6.92 Å². The number of thioether (sulfide) groups is 1. The van der Waals surface area contributed by atoms with Crippen molar-refractivity contribution < 1.29 is 18.3 Å². The quantitative estimate of drug-likeness (QED) is 0.701. The molecule has 0 heterocycles. The first-order valence-corrected chi connectivity index (χ1v) is 8.58. The summed E-state index contributed by atoms with van der Waals surface area (Å²) in [6, 6.07) is 6.01.